The summed E-state index contributed by atoms with van der Waals surface area (Å²) in [5.74, 6) is -0.816. The fourth-order valence-electron chi connectivity index (χ4n) is 4.27. The van der Waals surface area contributed by atoms with E-state index in [1.54, 1.807) is 0 Å². The third-order valence-electron chi connectivity index (χ3n) is 5.96. The highest BCUT2D eigenvalue weighted by atomic mass is 16.7. The number of methoxy groups -OCH3 is 2. The Morgan fingerprint density at radius 2 is 1.38 bits per heavy atom. The van der Waals surface area contributed by atoms with Crippen molar-refractivity contribution in [3.05, 3.63) is 33.0 Å². The van der Waals surface area contributed by atoms with Gasteiger partial charge in [-0.05, 0) is 19.1 Å². The van der Waals surface area contributed by atoms with E-state index in [2.05, 4.69) is 0 Å². The summed E-state index contributed by atoms with van der Waals surface area (Å²) in [5.41, 5.74) is -2.03. The lowest BCUT2D eigenvalue weighted by atomic mass is 10.00. The van der Waals surface area contributed by atoms with Crippen molar-refractivity contribution in [1.29, 1.82) is 0 Å². The van der Waals surface area contributed by atoms with Crippen LogP contribution in [0.2, 0.25) is 0 Å². The molecule has 2 aromatic heterocycles. The van der Waals surface area contributed by atoms with Gasteiger partial charge in [-0.2, -0.15) is 0 Å². The van der Waals surface area contributed by atoms with E-state index in [9.17, 15) is 30.0 Å². The maximum Gasteiger partial charge on any atom is 0.344 e. The molecule has 0 unspecified atom stereocenters. The Bertz CT molecular complexity index is 1520. The average molecular weight is 476 g/mol. The van der Waals surface area contributed by atoms with Gasteiger partial charge in [0.2, 0.25) is 17.8 Å². The summed E-state index contributed by atoms with van der Waals surface area (Å²) in [6.45, 7) is 1.48. The molecule has 3 heterocycles. The topological polar surface area (TPSA) is 178 Å². The van der Waals surface area contributed by atoms with E-state index in [1.807, 2.05) is 0 Å². The predicted octanol–water partition coefficient (Wildman–Crippen LogP) is 0.419. The third kappa shape index (κ3) is 3.00. The lowest BCUT2D eigenvalue weighted by molar-refractivity contribution is -0.268. The molecule has 1 aliphatic heterocycles. The van der Waals surface area contributed by atoms with Crippen LogP contribution in [0, 0.1) is 0 Å². The van der Waals surface area contributed by atoms with E-state index in [4.69, 9.17) is 27.8 Å². The van der Waals surface area contributed by atoms with E-state index < -0.39 is 47.7 Å². The SMILES string of the molecule is COc1c(O)cc2c(=O)oc3c(OC)c(O[C@@H]4O[C@@H](C)[C@H](O)[C@@H](O)[C@H]4O)cc4c(=O)oc1c2c34. The zero-order chi connectivity index (χ0) is 24.5. The second-order valence-electron chi connectivity index (χ2n) is 7.92. The molecule has 4 aromatic rings. The second kappa shape index (κ2) is 7.74. The predicted molar refractivity (Wildman–Crippen MR) is 115 cm³/mol. The zero-order valence-corrected chi connectivity index (χ0v) is 18.1. The quantitative estimate of drug-likeness (QED) is 0.236. The maximum absolute atomic E-state index is 12.9. The van der Waals surface area contributed by atoms with Crippen molar-refractivity contribution in [2.45, 2.75) is 37.6 Å². The number of aliphatic hydroxyl groups is 3. The largest absolute Gasteiger partial charge is 0.504 e. The van der Waals surface area contributed by atoms with E-state index in [0.29, 0.717) is 0 Å². The smallest absolute Gasteiger partial charge is 0.344 e. The van der Waals surface area contributed by atoms with Gasteiger partial charge in [-0.25, -0.2) is 9.59 Å². The van der Waals surface area contributed by atoms with Crippen molar-refractivity contribution in [1.82, 2.24) is 0 Å². The van der Waals surface area contributed by atoms with Crippen LogP contribution in [-0.4, -0.2) is 65.4 Å². The van der Waals surface area contributed by atoms with Gasteiger partial charge >= 0.3 is 11.3 Å². The molecule has 5 rings (SSSR count). The lowest BCUT2D eigenvalue weighted by Crippen LogP contribution is -2.58. The lowest BCUT2D eigenvalue weighted by Gasteiger charge is -2.39. The van der Waals surface area contributed by atoms with E-state index in [0.717, 1.165) is 6.07 Å². The van der Waals surface area contributed by atoms with Crippen molar-refractivity contribution < 1.29 is 48.2 Å². The Morgan fingerprint density at radius 3 is 1.97 bits per heavy atom. The molecular weight excluding hydrogens is 456 g/mol. The van der Waals surface area contributed by atoms with Crippen LogP contribution in [0.4, 0.5) is 0 Å². The minimum absolute atomic E-state index is 0.0535. The maximum atomic E-state index is 12.9. The molecule has 0 radical (unpaired) electrons. The van der Waals surface area contributed by atoms with Gasteiger partial charge in [0.05, 0.1) is 31.1 Å². The van der Waals surface area contributed by atoms with Crippen molar-refractivity contribution >= 4 is 32.7 Å². The monoisotopic (exact) mass is 476 g/mol. The second-order valence-corrected chi connectivity index (χ2v) is 7.92. The fraction of sp³-hybridized carbons (Fsp3) is 0.364. The van der Waals surface area contributed by atoms with E-state index in [1.165, 1.54) is 27.2 Å². The molecule has 0 amide bonds. The van der Waals surface area contributed by atoms with Crippen LogP contribution < -0.4 is 25.5 Å². The van der Waals surface area contributed by atoms with Gasteiger partial charge in [0.25, 0.3) is 0 Å². The van der Waals surface area contributed by atoms with Crippen LogP contribution in [0.3, 0.4) is 0 Å². The first-order chi connectivity index (χ1) is 16.2. The Balaban J connectivity index is 1.80. The summed E-state index contributed by atoms with van der Waals surface area (Å²) in [6.07, 6.45) is -6.89. The van der Waals surface area contributed by atoms with Crippen LogP contribution in [0.15, 0.2) is 30.6 Å². The first-order valence-electron chi connectivity index (χ1n) is 10.2. The molecule has 34 heavy (non-hydrogen) atoms. The normalized spacial score (nSPS) is 25.3. The number of phenolic OH excluding ortho intramolecular Hbond substituents is 1. The van der Waals surface area contributed by atoms with Crippen LogP contribution in [0.25, 0.3) is 32.7 Å². The number of hydrogen-bond acceptors (Lipinski definition) is 12. The molecule has 5 atom stereocenters. The van der Waals surface area contributed by atoms with Crippen LogP contribution in [-0.2, 0) is 4.74 Å². The van der Waals surface area contributed by atoms with Gasteiger partial charge in [0.1, 0.15) is 18.3 Å². The van der Waals surface area contributed by atoms with Crippen LogP contribution in [0.1, 0.15) is 6.92 Å². The molecule has 180 valence electrons. The molecule has 12 nitrogen and oxygen atoms in total. The molecular formula is C22H20O12. The van der Waals surface area contributed by atoms with Gasteiger partial charge in [-0.3, -0.25) is 0 Å². The molecule has 0 bridgehead atoms. The van der Waals surface area contributed by atoms with Gasteiger partial charge in [0, 0.05) is 10.8 Å². The molecule has 1 aliphatic rings. The Hall–Kier alpha value is -3.58. The molecule has 1 saturated heterocycles. The van der Waals surface area contributed by atoms with E-state index >= 15 is 0 Å². The number of benzene rings is 2. The third-order valence-corrected chi connectivity index (χ3v) is 5.96. The number of phenols is 1. The summed E-state index contributed by atoms with van der Waals surface area (Å²) in [4.78, 5) is 25.7. The number of hydrogen-bond donors (Lipinski definition) is 4. The van der Waals surface area contributed by atoms with Crippen LogP contribution in [0.5, 0.6) is 23.0 Å². The minimum Gasteiger partial charge on any atom is -0.504 e. The Labute approximate surface area is 189 Å². The summed E-state index contributed by atoms with van der Waals surface area (Å²) in [7, 11) is 2.54. The van der Waals surface area contributed by atoms with Crippen molar-refractivity contribution in [3.63, 3.8) is 0 Å². The first-order valence-corrected chi connectivity index (χ1v) is 10.2. The standard InChI is InChI=1S/C22H20O12/c1-6-13(24)14(25)15(26)22(31-6)32-10-5-8-12-11-7(20(27)34-19(12)17(10)30-3)4-9(23)16(29-2)18(11)33-21(8)28/h4-6,13-15,22-26H,1-3H3/t6-,13-,14+,15+,22-/m0/s1. The van der Waals surface area contributed by atoms with Crippen molar-refractivity contribution in [2.24, 2.45) is 0 Å². The van der Waals surface area contributed by atoms with E-state index in [-0.39, 0.29) is 50.0 Å². The van der Waals surface area contributed by atoms with Crippen molar-refractivity contribution in [2.75, 3.05) is 14.2 Å². The van der Waals surface area contributed by atoms with Gasteiger partial charge < -0.3 is 48.2 Å². The number of aliphatic hydroxyl groups excluding tert-OH is 3. The molecule has 1 fully saturated rings. The summed E-state index contributed by atoms with van der Waals surface area (Å²) in [5, 5.41) is 40.7. The van der Waals surface area contributed by atoms with Crippen LogP contribution >= 0.6 is 0 Å². The van der Waals surface area contributed by atoms with Crippen molar-refractivity contribution in [3.8, 4) is 23.0 Å². The molecule has 0 aliphatic carbocycles. The zero-order valence-electron chi connectivity index (χ0n) is 18.1. The Kier molecular flexibility index (Phi) is 5.06. The molecule has 0 saturated carbocycles. The number of ether oxygens (including phenoxy) is 4. The molecule has 2 aromatic carbocycles. The molecule has 4 N–H and O–H groups in total. The number of rotatable bonds is 4. The van der Waals surface area contributed by atoms with Gasteiger partial charge in [0.15, 0.2) is 22.7 Å². The highest BCUT2D eigenvalue weighted by Crippen LogP contribution is 2.46. The summed E-state index contributed by atoms with van der Waals surface area (Å²) >= 11 is 0. The molecule has 0 spiro atoms. The average Bonchev–Trinajstić information content (AvgIpc) is 2.80. The highest BCUT2D eigenvalue weighted by Gasteiger charge is 2.43. The fourth-order valence-corrected chi connectivity index (χ4v) is 4.27. The number of aromatic hydroxyl groups is 1. The molecule has 12 heteroatoms. The summed E-state index contributed by atoms with van der Waals surface area (Å²) in [6, 6.07) is 2.40. The first kappa shape index (κ1) is 22.2. The highest BCUT2D eigenvalue weighted by molar-refractivity contribution is 6.22. The minimum atomic E-state index is -1.64. The Morgan fingerprint density at radius 1 is 0.824 bits per heavy atom. The van der Waals surface area contributed by atoms with Gasteiger partial charge in [-0.15, -0.1) is 0 Å². The summed E-state index contributed by atoms with van der Waals surface area (Å²) < 4.78 is 32.6. The van der Waals surface area contributed by atoms with Gasteiger partial charge in [-0.1, -0.05) is 0 Å².